The molecule has 21 heavy (non-hydrogen) atoms. The molecule has 8 heteroatoms. The molecule has 1 unspecified atom stereocenters. The van der Waals surface area contributed by atoms with Gasteiger partial charge in [0, 0.05) is 6.42 Å². The van der Waals surface area contributed by atoms with Crippen LogP contribution in [-0.2, 0) is 9.59 Å². The maximum absolute atomic E-state index is 11.7. The van der Waals surface area contributed by atoms with Crippen LogP contribution in [0.15, 0.2) is 18.2 Å². The van der Waals surface area contributed by atoms with Gasteiger partial charge >= 0.3 is 11.9 Å². The molecule has 0 radical (unpaired) electrons. The molecule has 0 spiro atoms. The number of carboxylic acid groups (broad SMARTS) is 2. The zero-order chi connectivity index (χ0) is 16.0. The van der Waals surface area contributed by atoms with Crippen LogP contribution in [0.5, 0.6) is 5.75 Å². The second kappa shape index (κ2) is 7.25. The highest BCUT2D eigenvalue weighted by molar-refractivity contribution is 5.98. The van der Waals surface area contributed by atoms with Crippen molar-refractivity contribution in [3.63, 3.8) is 0 Å². The fourth-order valence-electron chi connectivity index (χ4n) is 1.65. The van der Waals surface area contributed by atoms with Crippen LogP contribution in [0.4, 0.5) is 5.69 Å². The van der Waals surface area contributed by atoms with Crippen LogP contribution in [0, 0.1) is 0 Å². The second-order valence-electron chi connectivity index (χ2n) is 4.22. The number of nitrogens with two attached hydrogens (primary N) is 1. The Hall–Kier alpha value is -2.61. The Morgan fingerprint density at radius 1 is 1.33 bits per heavy atom. The van der Waals surface area contributed by atoms with Crippen LogP contribution in [0.1, 0.15) is 23.2 Å². The summed E-state index contributed by atoms with van der Waals surface area (Å²) < 4.78 is 4.99. The SMILES string of the molecule is COc1c(NC(=O)CCC(N)C(=O)O)cccc1C(=O)O. The molecule has 0 aromatic heterocycles. The summed E-state index contributed by atoms with van der Waals surface area (Å²) in [7, 11) is 1.29. The van der Waals surface area contributed by atoms with Crippen LogP contribution in [0.25, 0.3) is 0 Å². The van der Waals surface area contributed by atoms with E-state index in [1.165, 1.54) is 25.3 Å². The van der Waals surface area contributed by atoms with E-state index in [4.69, 9.17) is 20.7 Å². The van der Waals surface area contributed by atoms with Crippen molar-refractivity contribution in [2.45, 2.75) is 18.9 Å². The Morgan fingerprint density at radius 2 is 2.00 bits per heavy atom. The minimum Gasteiger partial charge on any atom is -0.494 e. The monoisotopic (exact) mass is 296 g/mol. The summed E-state index contributed by atoms with van der Waals surface area (Å²) in [5.41, 5.74) is 5.41. The summed E-state index contributed by atoms with van der Waals surface area (Å²) in [5.74, 6) is -2.82. The fraction of sp³-hybridized carbons (Fsp3) is 0.308. The lowest BCUT2D eigenvalue weighted by Crippen LogP contribution is -2.31. The van der Waals surface area contributed by atoms with Crippen molar-refractivity contribution in [1.29, 1.82) is 0 Å². The molecule has 1 aromatic carbocycles. The maximum atomic E-state index is 11.7. The van der Waals surface area contributed by atoms with Crippen molar-refractivity contribution in [1.82, 2.24) is 0 Å². The predicted octanol–water partition coefficient (Wildman–Crippen LogP) is 0.524. The molecule has 1 rings (SSSR count). The molecule has 8 nitrogen and oxygen atoms in total. The van der Waals surface area contributed by atoms with Crippen molar-refractivity contribution in [3.05, 3.63) is 23.8 Å². The number of amides is 1. The zero-order valence-electron chi connectivity index (χ0n) is 11.3. The summed E-state index contributed by atoms with van der Waals surface area (Å²) in [6.45, 7) is 0. The van der Waals surface area contributed by atoms with Crippen molar-refractivity contribution in [3.8, 4) is 5.75 Å². The first kappa shape index (κ1) is 16.4. The van der Waals surface area contributed by atoms with Gasteiger partial charge < -0.3 is 26.0 Å². The lowest BCUT2D eigenvalue weighted by atomic mass is 10.1. The van der Waals surface area contributed by atoms with Crippen molar-refractivity contribution >= 4 is 23.5 Å². The van der Waals surface area contributed by atoms with Gasteiger partial charge in [0.1, 0.15) is 11.6 Å². The smallest absolute Gasteiger partial charge is 0.339 e. The van der Waals surface area contributed by atoms with Gasteiger partial charge in [-0.3, -0.25) is 9.59 Å². The molecule has 1 aromatic rings. The molecule has 0 bridgehead atoms. The predicted molar refractivity (Wildman–Crippen MR) is 73.4 cm³/mol. The van der Waals surface area contributed by atoms with Crippen molar-refractivity contribution in [2.24, 2.45) is 5.73 Å². The molecular formula is C13H16N2O6. The van der Waals surface area contributed by atoms with E-state index in [9.17, 15) is 14.4 Å². The lowest BCUT2D eigenvalue weighted by molar-refractivity contribution is -0.138. The molecule has 1 amide bonds. The van der Waals surface area contributed by atoms with Gasteiger partial charge in [-0.15, -0.1) is 0 Å². The standard InChI is InChI=1S/C13H16N2O6/c1-21-11-7(12(17)18)3-2-4-9(11)15-10(16)6-5-8(14)13(19)20/h2-4,8H,5-6,14H2,1H3,(H,15,16)(H,17,18)(H,19,20). The molecule has 0 saturated carbocycles. The van der Waals surface area contributed by atoms with E-state index >= 15 is 0 Å². The third-order valence-corrected chi connectivity index (χ3v) is 2.72. The third kappa shape index (κ3) is 4.46. The number of anilines is 1. The van der Waals surface area contributed by atoms with Gasteiger partial charge in [-0.25, -0.2) is 4.79 Å². The Morgan fingerprint density at radius 3 is 2.52 bits per heavy atom. The van der Waals surface area contributed by atoms with Crippen molar-refractivity contribution < 1.29 is 29.3 Å². The summed E-state index contributed by atoms with van der Waals surface area (Å²) in [5, 5.41) is 20.1. The first-order chi connectivity index (χ1) is 9.86. The van der Waals surface area contributed by atoms with Gasteiger partial charge in [-0.2, -0.15) is 0 Å². The van der Waals surface area contributed by atoms with Gasteiger partial charge in [0.15, 0.2) is 5.75 Å². The third-order valence-electron chi connectivity index (χ3n) is 2.72. The average molecular weight is 296 g/mol. The number of carbonyl (C=O) groups is 3. The number of rotatable bonds is 7. The number of nitrogens with one attached hydrogen (secondary N) is 1. The first-order valence-corrected chi connectivity index (χ1v) is 6.05. The molecule has 5 N–H and O–H groups in total. The minimum atomic E-state index is -1.19. The summed E-state index contributed by atoms with van der Waals surface area (Å²) in [6.07, 6.45) is -0.129. The molecule has 114 valence electrons. The van der Waals surface area contributed by atoms with E-state index in [-0.39, 0.29) is 29.8 Å². The number of ether oxygens (including phenoxy) is 1. The number of carbonyl (C=O) groups excluding carboxylic acids is 1. The van der Waals surface area contributed by atoms with E-state index in [1.54, 1.807) is 0 Å². The molecule has 0 aliphatic carbocycles. The number of carboxylic acids is 2. The molecule has 0 heterocycles. The number of methoxy groups -OCH3 is 1. The highest BCUT2D eigenvalue weighted by atomic mass is 16.5. The summed E-state index contributed by atoms with van der Waals surface area (Å²) in [4.78, 5) is 33.3. The fourth-order valence-corrected chi connectivity index (χ4v) is 1.65. The number of hydrogen-bond donors (Lipinski definition) is 4. The number of hydrogen-bond acceptors (Lipinski definition) is 5. The van der Waals surface area contributed by atoms with Crippen molar-refractivity contribution in [2.75, 3.05) is 12.4 Å². The van der Waals surface area contributed by atoms with Crippen LogP contribution in [0.2, 0.25) is 0 Å². The number of para-hydroxylation sites is 1. The van der Waals surface area contributed by atoms with E-state index in [2.05, 4.69) is 5.32 Å². The molecular weight excluding hydrogens is 280 g/mol. The van der Waals surface area contributed by atoms with Crippen LogP contribution < -0.4 is 15.8 Å². The van der Waals surface area contributed by atoms with Crippen LogP contribution in [0.3, 0.4) is 0 Å². The topological polar surface area (TPSA) is 139 Å². The minimum absolute atomic E-state index is 0.0257. The Labute approximate surface area is 120 Å². The molecule has 0 saturated heterocycles. The quantitative estimate of drug-likeness (QED) is 0.575. The highest BCUT2D eigenvalue weighted by Gasteiger charge is 2.17. The van der Waals surface area contributed by atoms with E-state index < -0.39 is 23.9 Å². The van der Waals surface area contributed by atoms with E-state index in [0.29, 0.717) is 0 Å². The Bertz CT molecular complexity index is 558. The number of benzene rings is 1. The largest absolute Gasteiger partial charge is 0.494 e. The second-order valence-corrected chi connectivity index (χ2v) is 4.22. The first-order valence-electron chi connectivity index (χ1n) is 6.05. The maximum Gasteiger partial charge on any atom is 0.339 e. The van der Waals surface area contributed by atoms with Gasteiger partial charge in [0.25, 0.3) is 0 Å². The lowest BCUT2D eigenvalue weighted by Gasteiger charge is -2.12. The molecule has 0 aliphatic heterocycles. The zero-order valence-corrected chi connectivity index (χ0v) is 11.3. The van der Waals surface area contributed by atoms with Crippen LogP contribution in [-0.4, -0.2) is 41.2 Å². The van der Waals surface area contributed by atoms with E-state index in [0.717, 1.165) is 0 Å². The summed E-state index contributed by atoms with van der Waals surface area (Å²) in [6, 6.07) is 3.17. The number of aliphatic carboxylic acids is 1. The van der Waals surface area contributed by atoms with Gasteiger partial charge in [-0.1, -0.05) is 6.07 Å². The highest BCUT2D eigenvalue weighted by Crippen LogP contribution is 2.28. The summed E-state index contributed by atoms with van der Waals surface area (Å²) >= 11 is 0. The normalized spacial score (nSPS) is 11.5. The molecule has 0 aliphatic rings. The Balaban J connectivity index is 2.79. The van der Waals surface area contributed by atoms with Gasteiger partial charge in [0.2, 0.25) is 5.91 Å². The van der Waals surface area contributed by atoms with Gasteiger partial charge in [0.05, 0.1) is 12.8 Å². The number of aromatic carboxylic acids is 1. The Kier molecular flexibility index (Phi) is 5.67. The van der Waals surface area contributed by atoms with Gasteiger partial charge in [-0.05, 0) is 18.6 Å². The van der Waals surface area contributed by atoms with Crippen LogP contribution >= 0.6 is 0 Å². The van der Waals surface area contributed by atoms with E-state index in [1.807, 2.05) is 0 Å². The average Bonchev–Trinajstić information content (AvgIpc) is 2.44. The molecule has 1 atom stereocenters. The molecule has 0 fully saturated rings.